The molecule has 0 aromatic heterocycles. The second-order valence-corrected chi connectivity index (χ2v) is 2.32. The van der Waals surface area contributed by atoms with Gasteiger partial charge in [0.1, 0.15) is 0 Å². The van der Waals surface area contributed by atoms with Gasteiger partial charge in [-0.3, -0.25) is 20.2 Å². The fraction of sp³-hybridized carbons (Fsp3) is 0. The van der Waals surface area contributed by atoms with Crippen LogP contribution in [0.1, 0.15) is 5.56 Å². The van der Waals surface area contributed by atoms with Crippen molar-refractivity contribution in [2.24, 2.45) is 0 Å². The highest BCUT2D eigenvalue weighted by molar-refractivity contribution is 5.44. The maximum absolute atomic E-state index is 12.8. The molecule has 0 saturated heterocycles. The molecular weight excluding hydrogens is 195 g/mol. The van der Waals surface area contributed by atoms with Crippen LogP contribution in [0.4, 0.5) is 10.1 Å². The summed E-state index contributed by atoms with van der Waals surface area (Å²) in [6, 6.07) is 4.56. The van der Waals surface area contributed by atoms with Crippen molar-refractivity contribution in [3.05, 3.63) is 56.4 Å². The third kappa shape index (κ3) is 1.82. The van der Waals surface area contributed by atoms with E-state index in [1.54, 1.807) is 0 Å². The standard InChI is InChI=1S/C7H4FN2O4/c8-7(10(13)14)5-3-1-2-4-6(5)9(11)12/h1-4H. The summed E-state index contributed by atoms with van der Waals surface area (Å²) in [4.78, 5) is 18.2. The molecule has 0 spiro atoms. The maximum atomic E-state index is 12.8. The second-order valence-electron chi connectivity index (χ2n) is 2.32. The number of hydrogen-bond donors (Lipinski definition) is 0. The first-order valence-corrected chi connectivity index (χ1v) is 3.44. The smallest absolute Gasteiger partial charge is 0.261 e. The normalized spacial score (nSPS) is 10.1. The zero-order valence-electron chi connectivity index (χ0n) is 6.71. The first-order valence-electron chi connectivity index (χ1n) is 3.44. The molecule has 0 aliphatic heterocycles. The molecule has 0 amide bonds. The molecule has 1 aromatic carbocycles. The van der Waals surface area contributed by atoms with Crippen LogP contribution < -0.4 is 0 Å². The van der Waals surface area contributed by atoms with Gasteiger partial charge in [0.2, 0.25) is 0 Å². The Hall–Kier alpha value is -2.05. The second kappa shape index (κ2) is 3.77. The lowest BCUT2D eigenvalue weighted by Gasteiger charge is -1.98. The molecule has 0 aliphatic rings. The van der Waals surface area contributed by atoms with Crippen LogP contribution in [0.5, 0.6) is 0 Å². The van der Waals surface area contributed by atoms with Gasteiger partial charge in [-0.2, -0.15) is 4.39 Å². The molecule has 0 heterocycles. The van der Waals surface area contributed by atoms with E-state index in [0.29, 0.717) is 0 Å². The molecule has 0 saturated carbocycles. The van der Waals surface area contributed by atoms with Gasteiger partial charge >= 0.3 is 6.30 Å². The minimum Gasteiger partial charge on any atom is -0.261 e. The molecule has 1 aromatic rings. The molecule has 1 rings (SSSR count). The maximum Gasteiger partial charge on any atom is 0.496 e. The van der Waals surface area contributed by atoms with Crippen molar-refractivity contribution >= 4 is 5.69 Å². The average Bonchev–Trinajstić information content (AvgIpc) is 2.16. The Kier molecular flexibility index (Phi) is 2.70. The molecule has 6 nitrogen and oxygen atoms in total. The summed E-state index contributed by atoms with van der Waals surface area (Å²) >= 11 is 0. The summed E-state index contributed by atoms with van der Waals surface area (Å²) < 4.78 is 12.8. The minimum absolute atomic E-state index is 0.623. The number of benzene rings is 1. The lowest BCUT2D eigenvalue weighted by atomic mass is 10.2. The zero-order chi connectivity index (χ0) is 10.7. The van der Waals surface area contributed by atoms with Crippen molar-refractivity contribution in [2.75, 3.05) is 0 Å². The predicted molar refractivity (Wildman–Crippen MR) is 43.5 cm³/mol. The number of rotatable bonds is 3. The van der Waals surface area contributed by atoms with E-state index < -0.39 is 27.4 Å². The first-order chi connectivity index (χ1) is 6.54. The van der Waals surface area contributed by atoms with Crippen LogP contribution in [-0.4, -0.2) is 9.85 Å². The first kappa shape index (κ1) is 10.0. The van der Waals surface area contributed by atoms with E-state index in [0.717, 1.165) is 12.1 Å². The third-order valence-electron chi connectivity index (χ3n) is 1.48. The summed E-state index contributed by atoms with van der Waals surface area (Å²) in [6.45, 7) is 0. The number of hydrogen-bond acceptors (Lipinski definition) is 4. The van der Waals surface area contributed by atoms with Crippen LogP contribution in [0.25, 0.3) is 0 Å². The molecule has 0 atom stereocenters. The van der Waals surface area contributed by atoms with Gasteiger partial charge in [-0.1, -0.05) is 12.1 Å². The minimum atomic E-state index is -1.72. The van der Waals surface area contributed by atoms with E-state index in [9.17, 15) is 24.6 Å². The largest absolute Gasteiger partial charge is 0.496 e. The summed E-state index contributed by atoms with van der Waals surface area (Å²) in [6.07, 6.45) is -1.72. The molecular formula is C7H4FN2O4. The Labute approximate surface area is 77.3 Å². The van der Waals surface area contributed by atoms with Crippen molar-refractivity contribution in [2.45, 2.75) is 0 Å². The summed E-state index contributed by atoms with van der Waals surface area (Å²) in [5.41, 5.74) is -1.25. The lowest BCUT2D eigenvalue weighted by Crippen LogP contribution is -2.08. The van der Waals surface area contributed by atoms with Crippen molar-refractivity contribution in [3.8, 4) is 0 Å². The van der Waals surface area contributed by atoms with Gasteiger partial charge in [0, 0.05) is 6.07 Å². The molecule has 0 bridgehead atoms. The summed E-state index contributed by atoms with van der Waals surface area (Å²) in [7, 11) is 0. The summed E-state index contributed by atoms with van der Waals surface area (Å²) in [5.74, 6) is 0. The van der Waals surface area contributed by atoms with E-state index >= 15 is 0 Å². The number of nitro groups is 2. The van der Waals surface area contributed by atoms with Gasteiger partial charge in [-0.15, -0.1) is 0 Å². The van der Waals surface area contributed by atoms with Gasteiger partial charge in [0.25, 0.3) is 5.69 Å². The van der Waals surface area contributed by atoms with Crippen LogP contribution in [-0.2, 0) is 0 Å². The number of halogens is 1. The van der Waals surface area contributed by atoms with Gasteiger partial charge in [-0.25, -0.2) is 0 Å². The van der Waals surface area contributed by atoms with Crippen molar-refractivity contribution in [1.29, 1.82) is 0 Å². The van der Waals surface area contributed by atoms with E-state index in [1.807, 2.05) is 0 Å². The van der Waals surface area contributed by atoms with Gasteiger partial charge in [-0.05, 0) is 6.07 Å². The van der Waals surface area contributed by atoms with E-state index in [2.05, 4.69) is 0 Å². The highest BCUT2D eigenvalue weighted by Gasteiger charge is 2.33. The quantitative estimate of drug-likeness (QED) is 0.421. The zero-order valence-corrected chi connectivity index (χ0v) is 6.71. The van der Waals surface area contributed by atoms with E-state index in [-0.39, 0.29) is 0 Å². The van der Waals surface area contributed by atoms with E-state index in [1.165, 1.54) is 12.1 Å². The highest BCUT2D eigenvalue weighted by Crippen LogP contribution is 2.26. The fourth-order valence-corrected chi connectivity index (χ4v) is 0.906. The number of nitro benzene ring substituents is 1. The molecule has 73 valence electrons. The molecule has 0 N–H and O–H groups in total. The summed E-state index contributed by atoms with van der Waals surface area (Å²) in [5, 5.41) is 20.4. The Morgan fingerprint density at radius 1 is 1.21 bits per heavy atom. The SMILES string of the molecule is O=[N+]([O-])[C](F)c1ccccc1[N+](=O)[O-]. The molecule has 0 unspecified atom stereocenters. The Bertz CT molecular complexity index is 382. The van der Waals surface area contributed by atoms with Crippen molar-refractivity contribution in [1.82, 2.24) is 0 Å². The fourth-order valence-electron chi connectivity index (χ4n) is 0.906. The lowest BCUT2D eigenvalue weighted by molar-refractivity contribution is -0.485. The number of para-hydroxylation sites is 1. The molecule has 0 aliphatic carbocycles. The third-order valence-corrected chi connectivity index (χ3v) is 1.48. The predicted octanol–water partition coefficient (Wildman–Crippen LogP) is 1.68. The Morgan fingerprint density at radius 2 is 1.79 bits per heavy atom. The van der Waals surface area contributed by atoms with Crippen LogP contribution in [0.15, 0.2) is 24.3 Å². The Morgan fingerprint density at radius 3 is 2.29 bits per heavy atom. The van der Waals surface area contributed by atoms with Gasteiger partial charge in [0.15, 0.2) is 5.56 Å². The molecule has 1 radical (unpaired) electrons. The van der Waals surface area contributed by atoms with E-state index in [4.69, 9.17) is 0 Å². The van der Waals surface area contributed by atoms with Crippen LogP contribution in [0.2, 0.25) is 0 Å². The molecule has 14 heavy (non-hydrogen) atoms. The van der Waals surface area contributed by atoms with Crippen molar-refractivity contribution in [3.63, 3.8) is 0 Å². The average molecular weight is 199 g/mol. The molecule has 0 fully saturated rings. The van der Waals surface area contributed by atoms with Crippen LogP contribution in [0.3, 0.4) is 0 Å². The van der Waals surface area contributed by atoms with Gasteiger partial charge in [0.05, 0.1) is 9.85 Å². The van der Waals surface area contributed by atoms with Crippen molar-refractivity contribution < 1.29 is 14.2 Å². The van der Waals surface area contributed by atoms with Crippen LogP contribution in [0, 0.1) is 26.5 Å². The Balaban J connectivity index is 3.19. The molecule has 7 heteroatoms. The number of nitrogens with zero attached hydrogens (tertiary/aromatic N) is 2. The van der Waals surface area contributed by atoms with Gasteiger partial charge < -0.3 is 0 Å². The topological polar surface area (TPSA) is 86.3 Å². The van der Waals surface area contributed by atoms with Crippen LogP contribution >= 0.6 is 0 Å². The monoisotopic (exact) mass is 199 g/mol. The highest BCUT2D eigenvalue weighted by atomic mass is 19.1.